The van der Waals surface area contributed by atoms with Crippen molar-refractivity contribution in [2.75, 3.05) is 0 Å². The molecule has 1 aromatic carbocycles. The quantitative estimate of drug-likeness (QED) is 0.555. The molecule has 0 heterocycles. The van der Waals surface area contributed by atoms with Crippen molar-refractivity contribution in [1.29, 1.82) is 0 Å². The molecule has 2 nitrogen and oxygen atoms in total. The summed E-state index contributed by atoms with van der Waals surface area (Å²) in [4.78, 5) is 0. The van der Waals surface area contributed by atoms with Gasteiger partial charge in [-0.2, -0.15) is 0 Å². The molecule has 3 N–H and O–H groups in total. The van der Waals surface area contributed by atoms with Gasteiger partial charge in [-0.25, -0.2) is 0 Å². The first-order chi connectivity index (χ1) is 5.72. The van der Waals surface area contributed by atoms with Crippen LogP contribution in [0.15, 0.2) is 24.3 Å². The van der Waals surface area contributed by atoms with E-state index >= 15 is 0 Å². The summed E-state index contributed by atoms with van der Waals surface area (Å²) < 4.78 is 0. The Morgan fingerprint density at radius 3 is 2.50 bits per heavy atom. The fourth-order valence-electron chi connectivity index (χ4n) is 1.03. The van der Waals surface area contributed by atoms with Crippen molar-refractivity contribution in [2.45, 2.75) is 19.4 Å². The summed E-state index contributed by atoms with van der Waals surface area (Å²) in [6.07, 6.45) is 0.924. The van der Waals surface area contributed by atoms with Crippen molar-refractivity contribution < 1.29 is 0 Å². The van der Waals surface area contributed by atoms with E-state index < -0.39 is 0 Å². The van der Waals surface area contributed by atoms with Crippen LogP contribution in [0.1, 0.15) is 12.5 Å². The van der Waals surface area contributed by atoms with E-state index in [1.807, 2.05) is 31.2 Å². The van der Waals surface area contributed by atoms with Gasteiger partial charge in [0.25, 0.3) is 0 Å². The molecule has 66 valence electrons. The van der Waals surface area contributed by atoms with Crippen LogP contribution in [-0.4, -0.2) is 6.04 Å². The molecular formula is C9H13ClN2. The number of halogens is 1. The second kappa shape index (κ2) is 4.45. The third kappa shape index (κ3) is 2.81. The maximum atomic E-state index is 5.74. The molecule has 0 amide bonds. The molecule has 0 aromatic heterocycles. The Balaban J connectivity index is 2.58. The van der Waals surface area contributed by atoms with Gasteiger partial charge in [-0.05, 0) is 31.0 Å². The first-order valence-corrected chi connectivity index (χ1v) is 4.30. The number of benzene rings is 1. The van der Waals surface area contributed by atoms with Gasteiger partial charge < -0.3 is 0 Å². The fraction of sp³-hybridized carbons (Fsp3) is 0.333. The van der Waals surface area contributed by atoms with Gasteiger partial charge >= 0.3 is 0 Å². The Hall–Kier alpha value is -0.570. The zero-order chi connectivity index (χ0) is 8.97. The van der Waals surface area contributed by atoms with Crippen LogP contribution in [0.2, 0.25) is 5.02 Å². The summed E-state index contributed by atoms with van der Waals surface area (Å²) in [6.45, 7) is 2.04. The topological polar surface area (TPSA) is 38.0 Å². The molecule has 0 spiro atoms. The van der Waals surface area contributed by atoms with Crippen LogP contribution in [-0.2, 0) is 6.42 Å². The maximum absolute atomic E-state index is 5.74. The van der Waals surface area contributed by atoms with Crippen molar-refractivity contribution in [3.8, 4) is 0 Å². The SMILES string of the molecule is CC(Cc1ccc(Cl)cc1)NN. The third-order valence-corrected chi connectivity index (χ3v) is 1.99. The molecule has 0 saturated heterocycles. The van der Waals surface area contributed by atoms with E-state index in [1.54, 1.807) is 0 Å². The summed E-state index contributed by atoms with van der Waals surface area (Å²) in [5.41, 5.74) is 3.94. The number of hydrazine groups is 1. The lowest BCUT2D eigenvalue weighted by Gasteiger charge is -2.08. The van der Waals surface area contributed by atoms with Gasteiger partial charge in [0.1, 0.15) is 0 Å². The van der Waals surface area contributed by atoms with Gasteiger partial charge in [-0.3, -0.25) is 11.3 Å². The molecular weight excluding hydrogens is 172 g/mol. The van der Waals surface area contributed by atoms with Gasteiger partial charge in [0.05, 0.1) is 0 Å². The Bertz CT molecular complexity index is 233. The van der Waals surface area contributed by atoms with Crippen molar-refractivity contribution in [3.63, 3.8) is 0 Å². The number of nitrogens with one attached hydrogen (secondary N) is 1. The minimum Gasteiger partial charge on any atom is -0.271 e. The average Bonchev–Trinajstić information content (AvgIpc) is 2.09. The molecule has 3 heteroatoms. The van der Waals surface area contributed by atoms with Crippen molar-refractivity contribution in [3.05, 3.63) is 34.9 Å². The predicted octanol–water partition coefficient (Wildman–Crippen LogP) is 1.73. The molecule has 12 heavy (non-hydrogen) atoms. The van der Waals surface area contributed by atoms with Crippen LogP contribution in [0.25, 0.3) is 0 Å². The lowest BCUT2D eigenvalue weighted by molar-refractivity contribution is 0.568. The molecule has 0 bridgehead atoms. The van der Waals surface area contributed by atoms with E-state index in [4.69, 9.17) is 17.4 Å². The van der Waals surface area contributed by atoms with E-state index in [2.05, 4.69) is 5.43 Å². The van der Waals surface area contributed by atoms with Gasteiger partial charge in [-0.1, -0.05) is 23.7 Å². The molecule has 0 fully saturated rings. The maximum Gasteiger partial charge on any atom is 0.0406 e. The summed E-state index contributed by atoms with van der Waals surface area (Å²) in [7, 11) is 0. The zero-order valence-electron chi connectivity index (χ0n) is 7.05. The van der Waals surface area contributed by atoms with E-state index in [0.29, 0.717) is 6.04 Å². The average molecular weight is 185 g/mol. The molecule has 0 aliphatic carbocycles. The van der Waals surface area contributed by atoms with E-state index in [0.717, 1.165) is 11.4 Å². The van der Waals surface area contributed by atoms with Crippen LogP contribution in [0.4, 0.5) is 0 Å². The molecule has 1 atom stereocenters. The third-order valence-electron chi connectivity index (χ3n) is 1.74. The first kappa shape index (κ1) is 9.52. The van der Waals surface area contributed by atoms with E-state index in [9.17, 15) is 0 Å². The van der Waals surface area contributed by atoms with E-state index in [-0.39, 0.29) is 0 Å². The molecule has 0 aliphatic rings. The standard InChI is InChI=1S/C9H13ClN2/c1-7(12-11)6-8-2-4-9(10)5-3-8/h2-5,7,12H,6,11H2,1H3. The zero-order valence-corrected chi connectivity index (χ0v) is 7.81. The van der Waals surface area contributed by atoms with Gasteiger partial charge in [0.2, 0.25) is 0 Å². The summed E-state index contributed by atoms with van der Waals surface area (Å²) in [5.74, 6) is 5.27. The lowest BCUT2D eigenvalue weighted by Crippen LogP contribution is -2.33. The van der Waals surface area contributed by atoms with Crippen molar-refractivity contribution >= 4 is 11.6 Å². The Morgan fingerprint density at radius 1 is 1.42 bits per heavy atom. The van der Waals surface area contributed by atoms with Crippen molar-refractivity contribution in [2.24, 2.45) is 5.84 Å². The van der Waals surface area contributed by atoms with Crippen LogP contribution >= 0.6 is 11.6 Å². The van der Waals surface area contributed by atoms with Crippen LogP contribution in [0.3, 0.4) is 0 Å². The Labute approximate surface area is 77.7 Å². The molecule has 0 saturated carbocycles. The Kier molecular flexibility index (Phi) is 3.53. The largest absolute Gasteiger partial charge is 0.271 e. The van der Waals surface area contributed by atoms with Crippen LogP contribution in [0.5, 0.6) is 0 Å². The monoisotopic (exact) mass is 184 g/mol. The van der Waals surface area contributed by atoms with Crippen LogP contribution < -0.4 is 11.3 Å². The lowest BCUT2D eigenvalue weighted by atomic mass is 10.1. The second-order valence-electron chi connectivity index (χ2n) is 2.90. The van der Waals surface area contributed by atoms with Crippen LogP contribution in [0, 0.1) is 0 Å². The predicted molar refractivity (Wildman–Crippen MR) is 51.9 cm³/mol. The molecule has 0 radical (unpaired) electrons. The highest BCUT2D eigenvalue weighted by molar-refractivity contribution is 6.30. The normalized spacial score (nSPS) is 12.9. The highest BCUT2D eigenvalue weighted by Crippen LogP contribution is 2.10. The number of nitrogens with two attached hydrogens (primary N) is 1. The first-order valence-electron chi connectivity index (χ1n) is 3.93. The smallest absolute Gasteiger partial charge is 0.0406 e. The molecule has 1 aromatic rings. The van der Waals surface area contributed by atoms with Gasteiger partial charge in [0.15, 0.2) is 0 Å². The fourth-order valence-corrected chi connectivity index (χ4v) is 1.16. The Morgan fingerprint density at radius 2 is 2.00 bits per heavy atom. The number of hydrogen-bond acceptors (Lipinski definition) is 2. The highest BCUT2D eigenvalue weighted by atomic mass is 35.5. The number of rotatable bonds is 3. The number of hydrogen-bond donors (Lipinski definition) is 2. The van der Waals surface area contributed by atoms with E-state index in [1.165, 1.54) is 5.56 Å². The minimum absolute atomic E-state index is 0.297. The molecule has 0 aliphatic heterocycles. The molecule has 1 unspecified atom stereocenters. The van der Waals surface area contributed by atoms with Gasteiger partial charge in [0, 0.05) is 11.1 Å². The van der Waals surface area contributed by atoms with Crippen molar-refractivity contribution in [1.82, 2.24) is 5.43 Å². The van der Waals surface area contributed by atoms with Gasteiger partial charge in [-0.15, -0.1) is 0 Å². The minimum atomic E-state index is 0.297. The highest BCUT2D eigenvalue weighted by Gasteiger charge is 1.99. The summed E-state index contributed by atoms with van der Waals surface area (Å²) in [5, 5.41) is 0.770. The summed E-state index contributed by atoms with van der Waals surface area (Å²) >= 11 is 5.74. The summed E-state index contributed by atoms with van der Waals surface area (Å²) in [6, 6.07) is 8.10. The molecule has 1 rings (SSSR count). The second-order valence-corrected chi connectivity index (χ2v) is 3.33.